The molecule has 1 aliphatic carbocycles. The summed E-state index contributed by atoms with van der Waals surface area (Å²) < 4.78 is 0. The Morgan fingerprint density at radius 2 is 2.10 bits per heavy atom. The monoisotopic (exact) mass is 280 g/mol. The molecule has 1 saturated heterocycles. The normalized spacial score (nSPS) is 21.9. The summed E-state index contributed by atoms with van der Waals surface area (Å²) in [6.45, 7) is 9.23. The number of amides is 1. The van der Waals surface area contributed by atoms with Crippen LogP contribution in [0.3, 0.4) is 0 Å². The van der Waals surface area contributed by atoms with Crippen LogP contribution >= 0.6 is 0 Å². The molecule has 1 aliphatic heterocycles. The second-order valence-corrected chi connectivity index (χ2v) is 6.94. The van der Waals surface area contributed by atoms with E-state index in [1.165, 1.54) is 25.7 Å². The third-order valence-electron chi connectivity index (χ3n) is 4.78. The number of carbonyl (C=O) groups excluding carboxylic acids is 1. The van der Waals surface area contributed by atoms with E-state index in [1.54, 1.807) is 0 Å². The van der Waals surface area contributed by atoms with Crippen LogP contribution in [0.4, 0.5) is 0 Å². The zero-order chi connectivity index (χ0) is 14.8. The number of hydrogen-bond acceptors (Lipinski definition) is 2. The molecule has 0 aromatic heterocycles. The fourth-order valence-electron chi connectivity index (χ4n) is 2.98. The van der Waals surface area contributed by atoms with Gasteiger partial charge in [0.25, 0.3) is 0 Å². The number of aliphatic imine (C=N–C) groups is 1. The first-order chi connectivity index (χ1) is 9.38. The van der Waals surface area contributed by atoms with E-state index < -0.39 is 5.41 Å². The first-order valence-corrected chi connectivity index (χ1v) is 7.72. The van der Waals surface area contributed by atoms with Crippen LogP contribution in [0.15, 0.2) is 4.99 Å². The van der Waals surface area contributed by atoms with Crippen molar-refractivity contribution in [2.45, 2.75) is 46.5 Å². The number of likely N-dealkylation sites (tertiary alicyclic amines) is 1. The molecule has 0 bridgehead atoms. The second kappa shape index (κ2) is 5.62. The zero-order valence-corrected chi connectivity index (χ0v) is 13.0. The molecule has 0 atom stereocenters. The average molecular weight is 280 g/mol. The highest BCUT2D eigenvalue weighted by molar-refractivity contribution is 5.83. The van der Waals surface area contributed by atoms with Crippen LogP contribution in [0, 0.1) is 10.8 Å². The highest BCUT2D eigenvalue weighted by Crippen LogP contribution is 2.47. The Labute approximate surface area is 122 Å². The van der Waals surface area contributed by atoms with Gasteiger partial charge in [-0.15, -0.1) is 0 Å². The lowest BCUT2D eigenvalue weighted by molar-refractivity contribution is -0.125. The largest absolute Gasteiger partial charge is 0.369 e. The maximum absolute atomic E-state index is 11.4. The van der Waals surface area contributed by atoms with Crippen molar-refractivity contribution in [3.05, 3.63) is 0 Å². The summed E-state index contributed by atoms with van der Waals surface area (Å²) >= 11 is 0. The van der Waals surface area contributed by atoms with Gasteiger partial charge in [-0.2, -0.15) is 0 Å². The quantitative estimate of drug-likeness (QED) is 0.603. The van der Waals surface area contributed by atoms with E-state index in [4.69, 9.17) is 5.73 Å². The topological polar surface area (TPSA) is 70.7 Å². The lowest BCUT2D eigenvalue weighted by Gasteiger charge is -2.38. The van der Waals surface area contributed by atoms with Gasteiger partial charge in [-0.1, -0.05) is 6.42 Å². The van der Waals surface area contributed by atoms with Gasteiger partial charge in [-0.3, -0.25) is 9.79 Å². The zero-order valence-electron chi connectivity index (χ0n) is 13.0. The lowest BCUT2D eigenvalue weighted by Crippen LogP contribution is -2.43. The molecule has 1 heterocycles. The first kappa shape index (κ1) is 15.1. The van der Waals surface area contributed by atoms with Crippen molar-refractivity contribution in [2.75, 3.05) is 26.2 Å². The van der Waals surface area contributed by atoms with E-state index in [0.717, 1.165) is 25.6 Å². The molecule has 0 unspecified atom stereocenters. The minimum absolute atomic E-state index is 0.297. The number of nitrogens with two attached hydrogens (primary N) is 1. The van der Waals surface area contributed by atoms with E-state index >= 15 is 0 Å². The van der Waals surface area contributed by atoms with Crippen molar-refractivity contribution in [2.24, 2.45) is 21.6 Å². The summed E-state index contributed by atoms with van der Waals surface area (Å²) in [4.78, 5) is 18.4. The average Bonchev–Trinajstić information content (AvgIpc) is 2.79. The molecule has 2 rings (SSSR count). The first-order valence-electron chi connectivity index (χ1n) is 7.72. The molecule has 2 fully saturated rings. The highest BCUT2D eigenvalue weighted by Gasteiger charge is 2.43. The van der Waals surface area contributed by atoms with E-state index in [1.807, 2.05) is 13.8 Å². The minimum atomic E-state index is -0.589. The van der Waals surface area contributed by atoms with Crippen molar-refractivity contribution < 1.29 is 4.79 Å². The summed E-state index contributed by atoms with van der Waals surface area (Å²) in [5.41, 5.74) is 5.38. The van der Waals surface area contributed by atoms with Crippen LogP contribution in [-0.2, 0) is 4.79 Å². The Hall–Kier alpha value is -1.26. The number of nitrogens with one attached hydrogen (secondary N) is 1. The predicted molar refractivity (Wildman–Crippen MR) is 81.4 cm³/mol. The number of primary amides is 1. The van der Waals surface area contributed by atoms with Crippen molar-refractivity contribution in [1.29, 1.82) is 0 Å². The maximum Gasteiger partial charge on any atom is 0.224 e. The molecule has 1 amide bonds. The van der Waals surface area contributed by atoms with Crippen molar-refractivity contribution in [3.8, 4) is 0 Å². The molecular formula is C15H28N4O. The van der Waals surface area contributed by atoms with Crippen molar-refractivity contribution in [3.63, 3.8) is 0 Å². The van der Waals surface area contributed by atoms with E-state index in [9.17, 15) is 4.79 Å². The Bertz CT molecular complexity index is 399. The molecule has 114 valence electrons. The van der Waals surface area contributed by atoms with Gasteiger partial charge in [0.15, 0.2) is 5.96 Å². The molecule has 1 saturated carbocycles. The van der Waals surface area contributed by atoms with Crippen molar-refractivity contribution >= 4 is 11.9 Å². The van der Waals surface area contributed by atoms with Crippen LogP contribution in [0.2, 0.25) is 0 Å². The van der Waals surface area contributed by atoms with Gasteiger partial charge in [0.1, 0.15) is 0 Å². The van der Waals surface area contributed by atoms with Crippen LogP contribution in [0.1, 0.15) is 46.5 Å². The van der Waals surface area contributed by atoms with Gasteiger partial charge in [0, 0.05) is 19.6 Å². The van der Waals surface area contributed by atoms with Gasteiger partial charge in [0.05, 0.1) is 12.0 Å². The number of guanidine groups is 1. The van der Waals surface area contributed by atoms with Gasteiger partial charge in [-0.25, -0.2) is 0 Å². The van der Waals surface area contributed by atoms with E-state index in [-0.39, 0.29) is 5.91 Å². The van der Waals surface area contributed by atoms with Gasteiger partial charge >= 0.3 is 0 Å². The maximum atomic E-state index is 11.4. The SMILES string of the molecule is CCNC(=NCC(C)(C)C(N)=O)N1CCC2(CCC2)C1. The third-order valence-corrected chi connectivity index (χ3v) is 4.78. The molecule has 0 aromatic rings. The molecule has 3 N–H and O–H groups in total. The number of rotatable bonds is 4. The van der Waals surface area contributed by atoms with Gasteiger partial charge in [-0.05, 0) is 45.4 Å². The Morgan fingerprint density at radius 3 is 2.55 bits per heavy atom. The fourth-order valence-corrected chi connectivity index (χ4v) is 2.98. The molecule has 1 spiro atoms. The second-order valence-electron chi connectivity index (χ2n) is 6.94. The summed E-state index contributed by atoms with van der Waals surface area (Å²) in [7, 11) is 0. The molecule has 5 nitrogen and oxygen atoms in total. The molecule has 2 aliphatic rings. The third kappa shape index (κ3) is 3.07. The summed E-state index contributed by atoms with van der Waals surface area (Å²) in [6, 6.07) is 0. The number of nitrogens with zero attached hydrogens (tertiary/aromatic N) is 2. The van der Waals surface area contributed by atoms with Crippen molar-refractivity contribution in [1.82, 2.24) is 10.2 Å². The summed E-state index contributed by atoms with van der Waals surface area (Å²) in [5.74, 6) is 0.639. The summed E-state index contributed by atoms with van der Waals surface area (Å²) in [6.07, 6.45) is 5.36. The Kier molecular flexibility index (Phi) is 4.25. The molecule has 20 heavy (non-hydrogen) atoms. The molecule has 0 radical (unpaired) electrons. The molecule has 0 aromatic carbocycles. The van der Waals surface area contributed by atoms with Gasteiger partial charge < -0.3 is 16.0 Å². The Morgan fingerprint density at radius 1 is 1.40 bits per heavy atom. The van der Waals surface area contributed by atoms with E-state index in [2.05, 4.69) is 22.1 Å². The van der Waals surface area contributed by atoms with Gasteiger partial charge in [0.2, 0.25) is 5.91 Å². The minimum Gasteiger partial charge on any atom is -0.369 e. The molecule has 5 heteroatoms. The fraction of sp³-hybridized carbons (Fsp3) is 0.867. The van der Waals surface area contributed by atoms with Crippen LogP contribution in [0.5, 0.6) is 0 Å². The number of hydrogen-bond donors (Lipinski definition) is 2. The van der Waals surface area contributed by atoms with Crippen LogP contribution in [0.25, 0.3) is 0 Å². The van der Waals surface area contributed by atoms with E-state index in [0.29, 0.717) is 12.0 Å². The molecular weight excluding hydrogens is 252 g/mol. The Balaban J connectivity index is 2.01. The van der Waals surface area contributed by atoms with Crippen LogP contribution < -0.4 is 11.1 Å². The number of carbonyl (C=O) groups is 1. The summed E-state index contributed by atoms with van der Waals surface area (Å²) in [5, 5.41) is 3.35. The smallest absolute Gasteiger partial charge is 0.224 e. The standard InChI is InChI=1S/C15H28N4O/c1-4-17-13(18-10-14(2,3)12(16)20)19-9-8-15(11-19)6-5-7-15/h4-11H2,1-3H3,(H2,16,20)(H,17,18). The van der Waals surface area contributed by atoms with Crippen LogP contribution in [-0.4, -0.2) is 42.9 Å². The lowest BCUT2D eigenvalue weighted by atomic mass is 9.68. The predicted octanol–water partition coefficient (Wildman–Crippen LogP) is 1.34. The highest BCUT2D eigenvalue weighted by atomic mass is 16.1.